The van der Waals surface area contributed by atoms with Crippen LogP contribution in [0.15, 0.2) is 47.2 Å². The lowest BCUT2D eigenvalue weighted by molar-refractivity contribution is 0.301. The van der Waals surface area contributed by atoms with Gasteiger partial charge in [-0.2, -0.15) is 0 Å². The molecule has 0 saturated carbocycles. The Kier molecular flexibility index (Phi) is 4.12. The van der Waals surface area contributed by atoms with Crippen LogP contribution in [0.1, 0.15) is 11.1 Å². The summed E-state index contributed by atoms with van der Waals surface area (Å²) in [7, 11) is 0. The topological polar surface area (TPSA) is 48.1 Å². The van der Waals surface area contributed by atoms with Gasteiger partial charge in [-0.05, 0) is 12.1 Å². The number of benzene rings is 1. The van der Waals surface area contributed by atoms with Crippen molar-refractivity contribution < 1.29 is 4.74 Å². The third kappa shape index (κ3) is 3.05. The normalized spacial score (nSPS) is 10.2. The third-order valence-corrected chi connectivity index (χ3v) is 3.20. The fourth-order valence-corrected chi connectivity index (χ4v) is 1.88. The molecule has 3 nitrogen and oxygen atoms in total. The molecule has 0 aliphatic rings. The van der Waals surface area contributed by atoms with Crippen LogP contribution < -0.4 is 10.5 Å². The minimum Gasteiger partial charge on any atom is -0.487 e. The summed E-state index contributed by atoms with van der Waals surface area (Å²) in [5.74, 6) is 0.741. The molecule has 1 aromatic heterocycles. The Morgan fingerprint density at radius 3 is 2.76 bits per heavy atom. The van der Waals surface area contributed by atoms with Gasteiger partial charge >= 0.3 is 0 Å². The number of aromatic nitrogens is 1. The number of hydrogen-bond donors (Lipinski definition) is 1. The van der Waals surface area contributed by atoms with E-state index in [2.05, 4.69) is 20.9 Å². The van der Waals surface area contributed by atoms with Crippen LogP contribution in [-0.2, 0) is 13.2 Å². The molecule has 0 aliphatic carbocycles. The van der Waals surface area contributed by atoms with Crippen LogP contribution in [0.4, 0.5) is 0 Å². The minimum atomic E-state index is 0.452. The molecule has 88 valence electrons. The lowest BCUT2D eigenvalue weighted by Gasteiger charge is -2.10. The number of hydrogen-bond acceptors (Lipinski definition) is 3. The molecule has 0 fully saturated rings. The molecule has 0 saturated heterocycles. The maximum Gasteiger partial charge on any atom is 0.142 e. The highest BCUT2D eigenvalue weighted by Gasteiger charge is 2.03. The zero-order valence-corrected chi connectivity index (χ0v) is 10.9. The Balaban J connectivity index is 2.10. The molecule has 17 heavy (non-hydrogen) atoms. The van der Waals surface area contributed by atoms with E-state index in [1.807, 2.05) is 30.3 Å². The van der Waals surface area contributed by atoms with Gasteiger partial charge < -0.3 is 10.5 Å². The van der Waals surface area contributed by atoms with Crippen molar-refractivity contribution in [2.24, 2.45) is 5.73 Å². The van der Waals surface area contributed by atoms with Crippen LogP contribution in [0.3, 0.4) is 0 Å². The van der Waals surface area contributed by atoms with Gasteiger partial charge in [0.2, 0.25) is 0 Å². The quantitative estimate of drug-likeness (QED) is 0.943. The van der Waals surface area contributed by atoms with Crippen molar-refractivity contribution in [2.75, 3.05) is 0 Å². The molecule has 0 atom stereocenters. The molecule has 2 N–H and O–H groups in total. The smallest absolute Gasteiger partial charge is 0.142 e. The molecular formula is C13H13BrN2O. The van der Waals surface area contributed by atoms with Crippen LogP contribution in [0.5, 0.6) is 5.75 Å². The van der Waals surface area contributed by atoms with Crippen LogP contribution >= 0.6 is 15.9 Å². The molecule has 0 unspecified atom stereocenters. The second kappa shape index (κ2) is 5.80. The van der Waals surface area contributed by atoms with Crippen molar-refractivity contribution in [1.29, 1.82) is 0 Å². The summed E-state index contributed by atoms with van der Waals surface area (Å²) in [5.41, 5.74) is 7.69. The number of nitrogens with zero attached hydrogens (tertiary/aromatic N) is 1. The molecule has 0 radical (unpaired) electrons. The molecule has 2 aromatic rings. The fraction of sp³-hybridized carbons (Fsp3) is 0.154. The Morgan fingerprint density at radius 1 is 1.18 bits per heavy atom. The SMILES string of the molecule is NCc1ccncc1OCc1ccccc1Br. The van der Waals surface area contributed by atoms with Gasteiger partial charge in [0, 0.05) is 28.3 Å². The number of halogens is 1. The van der Waals surface area contributed by atoms with Crippen LogP contribution in [0, 0.1) is 0 Å². The first kappa shape index (κ1) is 12.1. The van der Waals surface area contributed by atoms with E-state index in [9.17, 15) is 0 Å². The van der Waals surface area contributed by atoms with E-state index in [0.29, 0.717) is 13.2 Å². The number of pyridine rings is 1. The Labute approximate surface area is 109 Å². The van der Waals surface area contributed by atoms with E-state index in [1.54, 1.807) is 12.4 Å². The van der Waals surface area contributed by atoms with Gasteiger partial charge in [0.05, 0.1) is 6.20 Å². The van der Waals surface area contributed by atoms with Crippen molar-refractivity contribution in [3.05, 3.63) is 58.3 Å². The highest BCUT2D eigenvalue weighted by Crippen LogP contribution is 2.20. The summed E-state index contributed by atoms with van der Waals surface area (Å²) in [6, 6.07) is 9.84. The molecule has 1 aromatic carbocycles. The summed E-state index contributed by atoms with van der Waals surface area (Å²) in [5, 5.41) is 0. The number of rotatable bonds is 4. The standard InChI is InChI=1S/C13H13BrN2O/c14-12-4-2-1-3-11(12)9-17-13-8-16-6-5-10(13)7-15/h1-6,8H,7,9,15H2. The summed E-state index contributed by atoms with van der Waals surface area (Å²) in [4.78, 5) is 4.04. The Bertz CT molecular complexity index is 502. The van der Waals surface area contributed by atoms with Crippen molar-refractivity contribution in [1.82, 2.24) is 4.98 Å². The first-order valence-electron chi connectivity index (χ1n) is 5.30. The Morgan fingerprint density at radius 2 is 2.00 bits per heavy atom. The molecule has 0 aliphatic heterocycles. The van der Waals surface area contributed by atoms with Gasteiger partial charge in [-0.25, -0.2) is 0 Å². The van der Waals surface area contributed by atoms with Crippen molar-refractivity contribution in [2.45, 2.75) is 13.2 Å². The zero-order chi connectivity index (χ0) is 12.1. The molecule has 4 heteroatoms. The molecule has 0 bridgehead atoms. The van der Waals surface area contributed by atoms with Gasteiger partial charge in [-0.15, -0.1) is 0 Å². The van der Waals surface area contributed by atoms with Gasteiger partial charge in [0.1, 0.15) is 12.4 Å². The highest BCUT2D eigenvalue weighted by atomic mass is 79.9. The largest absolute Gasteiger partial charge is 0.487 e. The van der Waals surface area contributed by atoms with Crippen LogP contribution in [-0.4, -0.2) is 4.98 Å². The maximum absolute atomic E-state index is 5.72. The summed E-state index contributed by atoms with van der Waals surface area (Å²) < 4.78 is 6.76. The summed E-state index contributed by atoms with van der Waals surface area (Å²) in [6.45, 7) is 0.952. The average Bonchev–Trinajstić information content (AvgIpc) is 2.38. The lowest BCUT2D eigenvalue weighted by atomic mass is 10.2. The maximum atomic E-state index is 5.72. The van der Waals surface area contributed by atoms with Gasteiger partial charge in [-0.1, -0.05) is 34.1 Å². The summed E-state index contributed by atoms with van der Waals surface area (Å²) >= 11 is 3.49. The predicted octanol–water partition coefficient (Wildman–Crippen LogP) is 2.88. The second-order valence-corrected chi connectivity index (χ2v) is 4.42. The lowest BCUT2D eigenvalue weighted by Crippen LogP contribution is -2.03. The second-order valence-electron chi connectivity index (χ2n) is 3.57. The average molecular weight is 293 g/mol. The van der Waals surface area contributed by atoms with Crippen LogP contribution in [0.2, 0.25) is 0 Å². The van der Waals surface area contributed by atoms with E-state index in [0.717, 1.165) is 21.3 Å². The van der Waals surface area contributed by atoms with E-state index in [-0.39, 0.29) is 0 Å². The third-order valence-electron chi connectivity index (χ3n) is 2.43. The zero-order valence-electron chi connectivity index (χ0n) is 9.27. The molecule has 0 amide bonds. The van der Waals surface area contributed by atoms with Crippen LogP contribution in [0.25, 0.3) is 0 Å². The van der Waals surface area contributed by atoms with Crippen molar-refractivity contribution in [3.8, 4) is 5.75 Å². The van der Waals surface area contributed by atoms with E-state index in [4.69, 9.17) is 10.5 Å². The monoisotopic (exact) mass is 292 g/mol. The number of ether oxygens (including phenoxy) is 1. The van der Waals surface area contributed by atoms with E-state index < -0.39 is 0 Å². The van der Waals surface area contributed by atoms with Crippen molar-refractivity contribution in [3.63, 3.8) is 0 Å². The molecule has 2 rings (SSSR count). The Hall–Kier alpha value is -1.39. The first-order valence-corrected chi connectivity index (χ1v) is 6.09. The van der Waals surface area contributed by atoms with Gasteiger partial charge in [0.25, 0.3) is 0 Å². The molecule has 1 heterocycles. The highest BCUT2D eigenvalue weighted by molar-refractivity contribution is 9.10. The number of nitrogens with two attached hydrogens (primary N) is 1. The van der Waals surface area contributed by atoms with Gasteiger partial charge in [0.15, 0.2) is 0 Å². The predicted molar refractivity (Wildman–Crippen MR) is 70.6 cm³/mol. The fourth-order valence-electron chi connectivity index (χ4n) is 1.48. The first-order chi connectivity index (χ1) is 8.31. The summed E-state index contributed by atoms with van der Waals surface area (Å²) in [6.07, 6.45) is 3.41. The van der Waals surface area contributed by atoms with Crippen molar-refractivity contribution >= 4 is 15.9 Å². The molecular weight excluding hydrogens is 280 g/mol. The molecule has 0 spiro atoms. The minimum absolute atomic E-state index is 0.452. The van der Waals surface area contributed by atoms with E-state index >= 15 is 0 Å². The van der Waals surface area contributed by atoms with Gasteiger partial charge in [-0.3, -0.25) is 4.98 Å². The van der Waals surface area contributed by atoms with E-state index in [1.165, 1.54) is 0 Å².